The Kier molecular flexibility index (Phi) is 26.1. The van der Waals surface area contributed by atoms with Gasteiger partial charge in [-0.3, -0.25) is 0 Å². The van der Waals surface area contributed by atoms with E-state index in [0.29, 0.717) is 0 Å². The fraction of sp³-hybridized carbons (Fsp3) is 0. The van der Waals surface area contributed by atoms with Gasteiger partial charge in [-0.25, -0.2) is 4.57 Å². The minimum atomic E-state index is -4.64. The maximum Gasteiger partial charge on any atom is 0.466 e. The van der Waals surface area contributed by atoms with Crippen LogP contribution in [0.1, 0.15) is 0 Å². The number of phosphoric acid groups is 1. The summed E-state index contributed by atoms with van der Waals surface area (Å²) in [5.41, 5.74) is 0. The summed E-state index contributed by atoms with van der Waals surface area (Å²) in [6.45, 7) is 0. The Hall–Kier alpha value is 2.29. The van der Waals surface area contributed by atoms with Crippen molar-refractivity contribution in [3.8, 4) is 0 Å². The van der Waals surface area contributed by atoms with Crippen LogP contribution < -0.4 is 0 Å². The average molecular weight is 179 g/mol. The normalized spacial score (nSPS) is 7.38. The minimum Gasteiger partial charge on any atom is -0.303 e. The molecule has 39 valence electrons. The molecule has 3 N–H and O–H groups in total. The van der Waals surface area contributed by atoms with E-state index in [1.807, 2.05) is 0 Å². The van der Waals surface area contributed by atoms with Gasteiger partial charge >= 0.3 is 7.82 Å². The average Bonchev–Trinajstić information content (AvgIpc) is 0.722. The van der Waals surface area contributed by atoms with Crippen molar-refractivity contribution in [3.05, 3.63) is 0 Å². The Bertz CT molecular complexity index is 62.2. The molecule has 4 nitrogen and oxygen atoms in total. The molecule has 0 bridgehead atoms. The molecule has 0 saturated carbocycles. The first-order valence-electron chi connectivity index (χ1n) is 0.783. The third kappa shape index (κ3) is 83.9. The number of hydrogen-bond acceptors (Lipinski definition) is 1. The van der Waals surface area contributed by atoms with Gasteiger partial charge in [-0.1, -0.05) is 0 Å². The third-order valence-corrected chi connectivity index (χ3v) is 0. The van der Waals surface area contributed by atoms with E-state index in [4.69, 9.17) is 19.2 Å². The topological polar surface area (TPSA) is 77.8 Å². The smallest absolute Gasteiger partial charge is 0.303 e. The molecular weight excluding hydrogens is 176 g/mol. The van der Waals surface area contributed by atoms with Gasteiger partial charge in [0.1, 0.15) is 0 Å². The Morgan fingerprint density at radius 1 is 1.12 bits per heavy atom. The van der Waals surface area contributed by atoms with Gasteiger partial charge in [0.15, 0.2) is 0 Å². The van der Waals surface area contributed by atoms with Gasteiger partial charge in [0, 0.05) is 67.0 Å². The first kappa shape index (κ1) is 22.4. The second-order valence-electron chi connectivity index (χ2n) is 0.513. The van der Waals surface area contributed by atoms with Crippen LogP contribution in [0.15, 0.2) is 0 Å². The number of rotatable bonds is 0. The monoisotopic (exact) mass is 179 g/mol. The molecule has 0 aliphatic heterocycles. The minimum absolute atomic E-state index is 0. The van der Waals surface area contributed by atoms with Crippen LogP contribution in [0, 0.1) is 0 Å². The fourth-order valence-corrected chi connectivity index (χ4v) is 0. The molecule has 0 amide bonds. The standard InChI is InChI=1S/Li.Na.H3O4P.V/c;;1-5(2,3)4;/h;;(H3,1,2,3,4);. The Balaban J connectivity index is -0.0000000267. The molecule has 0 fully saturated rings. The zero-order valence-corrected chi connectivity index (χ0v) is 8.94. The van der Waals surface area contributed by atoms with E-state index in [2.05, 4.69) is 0 Å². The van der Waals surface area contributed by atoms with Crippen molar-refractivity contribution in [2.24, 2.45) is 0 Å². The van der Waals surface area contributed by atoms with Gasteiger partial charge in [-0.2, -0.15) is 0 Å². The second kappa shape index (κ2) is 9.29. The van der Waals surface area contributed by atoms with Crippen LogP contribution in [0.5, 0.6) is 0 Å². The molecule has 0 spiro atoms. The van der Waals surface area contributed by atoms with Crippen LogP contribution in [0.4, 0.5) is 0 Å². The van der Waals surface area contributed by atoms with Gasteiger partial charge in [0.05, 0.1) is 0 Å². The summed E-state index contributed by atoms with van der Waals surface area (Å²) in [5.74, 6) is 0. The van der Waals surface area contributed by atoms with E-state index in [1.54, 1.807) is 0 Å². The third-order valence-electron chi connectivity index (χ3n) is 0. The number of hydrogen-bond donors (Lipinski definition) is 3. The van der Waals surface area contributed by atoms with E-state index in [9.17, 15) is 0 Å². The maximum absolute atomic E-state index is 8.88. The van der Waals surface area contributed by atoms with Gasteiger partial charge < -0.3 is 14.7 Å². The van der Waals surface area contributed by atoms with Gasteiger partial charge in [0.25, 0.3) is 0 Å². The summed E-state index contributed by atoms with van der Waals surface area (Å²) in [4.78, 5) is 21.6. The Morgan fingerprint density at radius 3 is 1.12 bits per heavy atom. The van der Waals surface area contributed by atoms with Crippen molar-refractivity contribution >= 4 is 56.2 Å². The van der Waals surface area contributed by atoms with Crippen molar-refractivity contribution in [3.63, 3.8) is 0 Å². The SMILES string of the molecule is O=P(O)(O)O.[Li].[Na].[V]. The predicted molar refractivity (Wildman–Crippen MR) is 25.8 cm³/mol. The summed E-state index contributed by atoms with van der Waals surface area (Å²) in [6, 6.07) is 0. The molecule has 0 aromatic carbocycles. The van der Waals surface area contributed by atoms with Gasteiger partial charge in [-0.15, -0.1) is 0 Å². The first-order valence-corrected chi connectivity index (χ1v) is 2.35. The molecule has 0 unspecified atom stereocenters. The van der Waals surface area contributed by atoms with Crippen molar-refractivity contribution in [2.45, 2.75) is 0 Å². The summed E-state index contributed by atoms with van der Waals surface area (Å²) in [7, 11) is -4.64. The summed E-state index contributed by atoms with van der Waals surface area (Å²) >= 11 is 0. The largest absolute Gasteiger partial charge is 0.466 e. The van der Waals surface area contributed by atoms with Gasteiger partial charge in [-0.05, 0) is 0 Å². The van der Waals surface area contributed by atoms with Crippen LogP contribution in [-0.4, -0.2) is 63.1 Å². The van der Waals surface area contributed by atoms with Crippen molar-refractivity contribution in [1.82, 2.24) is 0 Å². The second-order valence-corrected chi connectivity index (χ2v) is 1.54. The molecule has 8 heteroatoms. The van der Waals surface area contributed by atoms with E-state index < -0.39 is 7.82 Å². The van der Waals surface area contributed by atoms with Crippen molar-refractivity contribution < 1.29 is 37.8 Å². The molecule has 0 atom stereocenters. The van der Waals surface area contributed by atoms with Crippen LogP contribution in [0.25, 0.3) is 0 Å². The Labute approximate surface area is 93.0 Å². The fourth-order valence-electron chi connectivity index (χ4n) is 0. The molecule has 0 aromatic rings. The summed E-state index contributed by atoms with van der Waals surface area (Å²) < 4.78 is 8.88. The van der Waals surface area contributed by atoms with E-state index >= 15 is 0 Å². The molecule has 0 rings (SSSR count). The summed E-state index contributed by atoms with van der Waals surface area (Å²) in [6.07, 6.45) is 0. The summed E-state index contributed by atoms with van der Waals surface area (Å²) in [5, 5.41) is 0. The van der Waals surface area contributed by atoms with Crippen molar-refractivity contribution in [2.75, 3.05) is 0 Å². The van der Waals surface area contributed by atoms with Gasteiger partial charge in [0.2, 0.25) is 0 Å². The molecule has 0 saturated heterocycles. The zero-order chi connectivity index (χ0) is 4.50. The van der Waals surface area contributed by atoms with Crippen molar-refractivity contribution in [1.29, 1.82) is 0 Å². The van der Waals surface area contributed by atoms with Crippen LogP contribution in [-0.2, 0) is 23.1 Å². The molecule has 0 heterocycles. The van der Waals surface area contributed by atoms with E-state index in [-0.39, 0.29) is 67.0 Å². The Morgan fingerprint density at radius 2 is 1.12 bits per heavy atom. The molecule has 0 aliphatic rings. The zero-order valence-electron chi connectivity index (χ0n) is 4.64. The molecule has 8 heavy (non-hydrogen) atoms. The molecule has 3 radical (unpaired) electrons. The predicted octanol–water partition coefficient (Wildman–Crippen LogP) is -1.69. The molecule has 0 aromatic heterocycles. The maximum atomic E-state index is 8.88. The molecular formula is H3LiNaO4PV. The molecule has 0 aliphatic carbocycles. The van der Waals surface area contributed by atoms with E-state index in [1.165, 1.54) is 0 Å². The van der Waals surface area contributed by atoms with Crippen LogP contribution in [0.2, 0.25) is 0 Å². The quantitative estimate of drug-likeness (QED) is 0.306. The van der Waals surface area contributed by atoms with Crippen LogP contribution >= 0.6 is 7.82 Å². The first-order chi connectivity index (χ1) is 2.00. The van der Waals surface area contributed by atoms with E-state index in [0.717, 1.165) is 0 Å². The van der Waals surface area contributed by atoms with Crippen LogP contribution in [0.3, 0.4) is 0 Å².